The van der Waals surface area contributed by atoms with Crippen molar-refractivity contribution in [1.82, 2.24) is 0 Å². The second-order valence-electron chi connectivity index (χ2n) is 4.58. The van der Waals surface area contributed by atoms with Crippen molar-refractivity contribution in [2.75, 3.05) is 0 Å². The average Bonchev–Trinajstić information content (AvgIpc) is 3.14. The zero-order valence-electron chi connectivity index (χ0n) is 11.7. The number of halogens is 2. The van der Waals surface area contributed by atoms with Gasteiger partial charge in [-0.3, -0.25) is 0 Å². The van der Waals surface area contributed by atoms with Crippen LogP contribution >= 0.6 is 11.8 Å². The molecule has 0 amide bonds. The predicted octanol–water partition coefficient (Wildman–Crippen LogP) is 4.08. The van der Waals surface area contributed by atoms with Crippen LogP contribution in [-0.2, 0) is 15.3 Å². The molecule has 23 heavy (non-hydrogen) atoms. The third-order valence-electron chi connectivity index (χ3n) is 2.95. The number of thioether (sulfide) groups is 1. The molecule has 1 aliphatic rings. The largest absolute Gasteiger partial charge is 0.461 e. The molecular formula is C16H11F2NO3S. The highest BCUT2D eigenvalue weighted by Gasteiger charge is 2.24. The number of esters is 1. The molecule has 0 bridgehead atoms. The molecule has 2 heterocycles. The number of benzene rings is 1. The molecule has 118 valence electrons. The summed E-state index contributed by atoms with van der Waals surface area (Å²) < 4.78 is 34.8. The summed E-state index contributed by atoms with van der Waals surface area (Å²) in [5.74, 6) is -1.99. The van der Waals surface area contributed by atoms with Gasteiger partial charge in [0.1, 0.15) is 11.5 Å². The first-order valence-corrected chi connectivity index (χ1v) is 7.73. The third kappa shape index (κ3) is 3.87. The lowest BCUT2D eigenvalue weighted by atomic mass is 10.2. The van der Waals surface area contributed by atoms with Gasteiger partial charge in [-0.25, -0.2) is 9.79 Å². The number of aliphatic imine (C=N–C) groups is 1. The second kappa shape index (κ2) is 6.78. The molecule has 0 saturated heterocycles. The lowest BCUT2D eigenvalue weighted by Gasteiger charge is -1.97. The number of alkyl halides is 2. The van der Waals surface area contributed by atoms with E-state index in [0.717, 1.165) is 0 Å². The molecule has 1 aromatic carbocycles. The van der Waals surface area contributed by atoms with Crippen LogP contribution in [0.3, 0.4) is 0 Å². The molecule has 3 rings (SSSR count). The molecule has 4 nitrogen and oxygen atoms in total. The summed E-state index contributed by atoms with van der Waals surface area (Å²) in [6.45, 7) is 0. The van der Waals surface area contributed by atoms with Gasteiger partial charge in [0.25, 0.3) is 5.76 Å². The summed E-state index contributed by atoms with van der Waals surface area (Å²) >= 11 is 0.472. The van der Waals surface area contributed by atoms with Gasteiger partial charge in [-0.2, -0.15) is 8.78 Å². The van der Waals surface area contributed by atoms with E-state index in [1.807, 2.05) is 18.2 Å². The molecule has 0 radical (unpaired) electrons. The van der Waals surface area contributed by atoms with Gasteiger partial charge in [0.2, 0.25) is 5.90 Å². The summed E-state index contributed by atoms with van der Waals surface area (Å²) in [7, 11) is 0. The van der Waals surface area contributed by atoms with Gasteiger partial charge in [-0.1, -0.05) is 30.0 Å². The highest BCUT2D eigenvalue weighted by molar-refractivity contribution is 7.98. The Bertz CT molecular complexity index is 769. The van der Waals surface area contributed by atoms with Crippen molar-refractivity contribution < 1.29 is 22.7 Å². The van der Waals surface area contributed by atoms with Gasteiger partial charge >= 0.3 is 5.97 Å². The lowest BCUT2D eigenvalue weighted by molar-refractivity contribution is -0.129. The Morgan fingerprint density at radius 3 is 2.70 bits per heavy atom. The van der Waals surface area contributed by atoms with Gasteiger partial charge in [0.15, 0.2) is 5.70 Å². The van der Waals surface area contributed by atoms with E-state index in [2.05, 4.69) is 4.99 Å². The highest BCUT2D eigenvalue weighted by Crippen LogP contribution is 2.23. The molecule has 1 aromatic heterocycles. The van der Waals surface area contributed by atoms with E-state index in [1.165, 1.54) is 6.08 Å². The van der Waals surface area contributed by atoms with Crippen LogP contribution in [0.4, 0.5) is 8.78 Å². The van der Waals surface area contributed by atoms with Gasteiger partial charge in [-0.05, 0) is 24.3 Å². The Balaban J connectivity index is 1.77. The van der Waals surface area contributed by atoms with E-state index in [1.54, 1.807) is 24.3 Å². The number of rotatable bonds is 5. The number of hydrogen-bond acceptors (Lipinski definition) is 5. The molecule has 0 fully saturated rings. The van der Waals surface area contributed by atoms with Gasteiger partial charge in [0, 0.05) is 11.6 Å². The van der Waals surface area contributed by atoms with Crippen LogP contribution < -0.4 is 0 Å². The van der Waals surface area contributed by atoms with Crippen LogP contribution in [0.5, 0.6) is 0 Å². The minimum Gasteiger partial charge on any atom is -0.461 e. The topological polar surface area (TPSA) is 51.8 Å². The van der Waals surface area contributed by atoms with E-state index < -0.39 is 11.7 Å². The minimum absolute atomic E-state index is 0.0593. The Labute approximate surface area is 134 Å². The van der Waals surface area contributed by atoms with E-state index >= 15 is 0 Å². The molecule has 1 aliphatic heterocycles. The zero-order chi connectivity index (χ0) is 16.2. The number of furan rings is 1. The second-order valence-corrected chi connectivity index (χ2v) is 5.56. The first kappa shape index (κ1) is 15.5. The smallest absolute Gasteiger partial charge is 0.363 e. The van der Waals surface area contributed by atoms with Crippen molar-refractivity contribution >= 4 is 29.7 Å². The number of cyclic esters (lactones) is 1. The fourth-order valence-electron chi connectivity index (χ4n) is 1.94. The van der Waals surface area contributed by atoms with Crippen molar-refractivity contribution in [2.45, 2.75) is 11.5 Å². The standard InChI is InChI=1S/C16H11F2NO3S/c17-16(18)23-9-12-7-6-11(21-12)8-13-15(20)22-14(19-13)10-4-2-1-3-5-10/h1-8,16H,9H2/b13-8-. The summed E-state index contributed by atoms with van der Waals surface area (Å²) in [4.78, 5) is 16.0. The predicted molar refractivity (Wildman–Crippen MR) is 83.1 cm³/mol. The Hall–Kier alpha value is -2.41. The van der Waals surface area contributed by atoms with Gasteiger partial charge in [-0.15, -0.1) is 0 Å². The molecular weight excluding hydrogens is 324 g/mol. The lowest BCUT2D eigenvalue weighted by Crippen LogP contribution is -2.04. The molecule has 7 heteroatoms. The monoisotopic (exact) mass is 335 g/mol. The molecule has 2 aromatic rings. The summed E-state index contributed by atoms with van der Waals surface area (Å²) in [6.07, 6.45) is 1.43. The SMILES string of the molecule is O=C1OC(c2ccccc2)=N/C1=C\c1ccc(CSC(F)F)o1. The van der Waals surface area contributed by atoms with Crippen LogP contribution in [0.1, 0.15) is 17.1 Å². The van der Waals surface area contributed by atoms with Crippen LogP contribution in [0.2, 0.25) is 0 Å². The number of nitrogens with zero attached hydrogens (tertiary/aromatic N) is 1. The van der Waals surface area contributed by atoms with Crippen molar-refractivity contribution in [3.05, 3.63) is 65.2 Å². The van der Waals surface area contributed by atoms with Crippen LogP contribution in [0, 0.1) is 0 Å². The number of ether oxygens (including phenoxy) is 1. The first-order chi connectivity index (χ1) is 11.1. The maximum absolute atomic E-state index is 12.1. The first-order valence-electron chi connectivity index (χ1n) is 6.68. The third-order valence-corrected chi connectivity index (χ3v) is 3.66. The molecule has 0 spiro atoms. The Kier molecular flexibility index (Phi) is 4.57. The molecule has 0 aliphatic carbocycles. The highest BCUT2D eigenvalue weighted by atomic mass is 32.2. The van der Waals surface area contributed by atoms with Crippen molar-refractivity contribution in [3.8, 4) is 0 Å². The van der Waals surface area contributed by atoms with Crippen molar-refractivity contribution in [3.63, 3.8) is 0 Å². The zero-order valence-corrected chi connectivity index (χ0v) is 12.6. The van der Waals surface area contributed by atoms with Crippen LogP contribution in [0.15, 0.2) is 57.6 Å². The summed E-state index contributed by atoms with van der Waals surface area (Å²) in [5.41, 5.74) is 0.795. The van der Waals surface area contributed by atoms with E-state index in [9.17, 15) is 13.6 Å². The number of hydrogen-bond donors (Lipinski definition) is 0. The summed E-state index contributed by atoms with van der Waals surface area (Å²) in [5, 5.41) is 0. The fraction of sp³-hybridized carbons (Fsp3) is 0.125. The average molecular weight is 335 g/mol. The van der Waals surface area contributed by atoms with Crippen molar-refractivity contribution in [2.24, 2.45) is 4.99 Å². The van der Waals surface area contributed by atoms with Gasteiger partial charge < -0.3 is 9.15 Å². The molecule has 0 saturated carbocycles. The maximum atomic E-state index is 12.1. The quantitative estimate of drug-likeness (QED) is 0.610. The molecule has 0 N–H and O–H groups in total. The number of carbonyl (C=O) groups excluding carboxylic acids is 1. The van der Waals surface area contributed by atoms with E-state index in [0.29, 0.717) is 28.8 Å². The normalized spacial score (nSPS) is 16.0. The summed E-state index contributed by atoms with van der Waals surface area (Å²) in [6, 6.07) is 12.2. The Morgan fingerprint density at radius 1 is 1.17 bits per heavy atom. The molecule has 0 atom stereocenters. The fourth-order valence-corrected chi connectivity index (χ4v) is 2.39. The van der Waals surface area contributed by atoms with Crippen LogP contribution in [0.25, 0.3) is 6.08 Å². The van der Waals surface area contributed by atoms with E-state index in [4.69, 9.17) is 9.15 Å². The maximum Gasteiger partial charge on any atom is 0.363 e. The van der Waals surface area contributed by atoms with Gasteiger partial charge in [0.05, 0.1) is 5.75 Å². The minimum atomic E-state index is -2.45. The van der Waals surface area contributed by atoms with E-state index in [-0.39, 0.29) is 17.3 Å². The number of carbonyl (C=O) groups is 1. The Morgan fingerprint density at radius 2 is 1.96 bits per heavy atom. The molecule has 0 unspecified atom stereocenters. The van der Waals surface area contributed by atoms with Crippen LogP contribution in [-0.4, -0.2) is 17.6 Å². The van der Waals surface area contributed by atoms with Crippen molar-refractivity contribution in [1.29, 1.82) is 0 Å².